The maximum Gasteiger partial charge on any atom is 0.225 e. The van der Waals surface area contributed by atoms with E-state index in [2.05, 4.69) is 19.2 Å². The summed E-state index contributed by atoms with van der Waals surface area (Å²) >= 11 is 6.11. The SMILES string of the molecule is CCC(C)N1CC(Nc2ccc(C)c(Cl)c2)CC1=O. The van der Waals surface area contributed by atoms with E-state index >= 15 is 0 Å². The lowest BCUT2D eigenvalue weighted by Gasteiger charge is -2.23. The van der Waals surface area contributed by atoms with Gasteiger partial charge in [0, 0.05) is 29.7 Å². The van der Waals surface area contributed by atoms with Crippen LogP contribution in [-0.2, 0) is 4.79 Å². The van der Waals surface area contributed by atoms with Gasteiger partial charge in [0.25, 0.3) is 0 Å². The van der Waals surface area contributed by atoms with Crippen LogP contribution in [0.3, 0.4) is 0 Å². The van der Waals surface area contributed by atoms with Crippen LogP contribution in [0.2, 0.25) is 5.02 Å². The third-order valence-corrected chi connectivity index (χ3v) is 4.23. The van der Waals surface area contributed by atoms with Gasteiger partial charge in [0.05, 0.1) is 6.04 Å². The molecule has 0 spiro atoms. The third kappa shape index (κ3) is 3.21. The van der Waals surface area contributed by atoms with Crippen molar-refractivity contribution in [1.82, 2.24) is 4.90 Å². The largest absolute Gasteiger partial charge is 0.380 e. The molecule has 0 saturated carbocycles. The van der Waals surface area contributed by atoms with E-state index in [9.17, 15) is 4.79 Å². The summed E-state index contributed by atoms with van der Waals surface area (Å²) in [4.78, 5) is 13.9. The molecule has 0 bridgehead atoms. The van der Waals surface area contributed by atoms with Crippen molar-refractivity contribution in [3.05, 3.63) is 28.8 Å². The van der Waals surface area contributed by atoms with Gasteiger partial charge in [-0.2, -0.15) is 0 Å². The van der Waals surface area contributed by atoms with Crippen LogP contribution in [0, 0.1) is 6.92 Å². The third-order valence-electron chi connectivity index (χ3n) is 3.82. The van der Waals surface area contributed by atoms with Crippen molar-refractivity contribution in [2.24, 2.45) is 0 Å². The Labute approximate surface area is 119 Å². The van der Waals surface area contributed by atoms with Crippen molar-refractivity contribution in [2.45, 2.75) is 45.7 Å². The quantitative estimate of drug-likeness (QED) is 0.916. The molecule has 1 aliphatic rings. The summed E-state index contributed by atoms with van der Waals surface area (Å²) in [7, 11) is 0. The predicted octanol–water partition coefficient (Wildman–Crippen LogP) is 3.46. The summed E-state index contributed by atoms with van der Waals surface area (Å²) in [6.45, 7) is 6.97. The summed E-state index contributed by atoms with van der Waals surface area (Å²) in [5, 5.41) is 4.16. The Balaban J connectivity index is 2.01. The lowest BCUT2D eigenvalue weighted by atomic mass is 10.2. The smallest absolute Gasteiger partial charge is 0.225 e. The molecule has 0 aliphatic carbocycles. The molecule has 2 atom stereocenters. The number of halogens is 1. The number of likely N-dealkylation sites (tertiary alicyclic amines) is 1. The van der Waals surface area contributed by atoms with Gasteiger partial charge in [0.15, 0.2) is 0 Å². The molecule has 1 heterocycles. The van der Waals surface area contributed by atoms with Crippen molar-refractivity contribution in [1.29, 1.82) is 0 Å². The Kier molecular flexibility index (Phi) is 4.35. The number of rotatable bonds is 4. The molecule has 4 heteroatoms. The van der Waals surface area contributed by atoms with Gasteiger partial charge in [0.2, 0.25) is 5.91 Å². The zero-order chi connectivity index (χ0) is 14.0. The summed E-state index contributed by atoms with van der Waals surface area (Å²) in [5.74, 6) is 0.241. The Morgan fingerprint density at radius 3 is 2.89 bits per heavy atom. The first-order valence-corrected chi connectivity index (χ1v) is 7.21. The normalized spacial score (nSPS) is 20.7. The van der Waals surface area contributed by atoms with E-state index in [1.807, 2.05) is 30.0 Å². The zero-order valence-electron chi connectivity index (χ0n) is 11.7. The minimum Gasteiger partial charge on any atom is -0.380 e. The molecule has 1 saturated heterocycles. The first-order chi connectivity index (χ1) is 9.01. The Morgan fingerprint density at radius 1 is 1.53 bits per heavy atom. The highest BCUT2D eigenvalue weighted by Gasteiger charge is 2.31. The highest BCUT2D eigenvalue weighted by atomic mass is 35.5. The van der Waals surface area contributed by atoms with Crippen LogP contribution >= 0.6 is 11.6 Å². The number of hydrogen-bond acceptors (Lipinski definition) is 2. The molecule has 1 N–H and O–H groups in total. The van der Waals surface area contributed by atoms with E-state index in [1.54, 1.807) is 0 Å². The molecule has 1 fully saturated rings. The maximum absolute atomic E-state index is 12.0. The molecule has 1 aromatic rings. The van der Waals surface area contributed by atoms with Crippen LogP contribution in [-0.4, -0.2) is 29.4 Å². The van der Waals surface area contributed by atoms with E-state index in [1.165, 1.54) is 0 Å². The van der Waals surface area contributed by atoms with E-state index in [4.69, 9.17) is 11.6 Å². The van der Waals surface area contributed by atoms with Gasteiger partial charge in [-0.05, 0) is 38.0 Å². The van der Waals surface area contributed by atoms with Gasteiger partial charge in [0.1, 0.15) is 0 Å². The van der Waals surface area contributed by atoms with Gasteiger partial charge in [-0.15, -0.1) is 0 Å². The van der Waals surface area contributed by atoms with Crippen LogP contribution < -0.4 is 5.32 Å². The molecule has 2 rings (SSSR count). The molecule has 1 aromatic carbocycles. The predicted molar refractivity (Wildman–Crippen MR) is 79.7 cm³/mol. The number of nitrogens with one attached hydrogen (secondary N) is 1. The first-order valence-electron chi connectivity index (χ1n) is 6.83. The van der Waals surface area contributed by atoms with E-state index < -0.39 is 0 Å². The van der Waals surface area contributed by atoms with Gasteiger partial charge in [-0.3, -0.25) is 4.79 Å². The van der Waals surface area contributed by atoms with Crippen molar-refractivity contribution >= 4 is 23.2 Å². The molecule has 19 heavy (non-hydrogen) atoms. The maximum atomic E-state index is 12.0. The minimum absolute atomic E-state index is 0.181. The molecule has 1 aliphatic heterocycles. The number of hydrogen-bond donors (Lipinski definition) is 1. The summed E-state index contributed by atoms with van der Waals surface area (Å²) in [6, 6.07) is 6.43. The monoisotopic (exact) mass is 280 g/mol. The number of amides is 1. The van der Waals surface area contributed by atoms with Crippen molar-refractivity contribution in [3.63, 3.8) is 0 Å². The molecule has 0 radical (unpaired) electrons. The highest BCUT2D eigenvalue weighted by Crippen LogP contribution is 2.23. The van der Waals surface area contributed by atoms with Crippen LogP contribution in [0.4, 0.5) is 5.69 Å². The number of anilines is 1. The fraction of sp³-hybridized carbons (Fsp3) is 0.533. The van der Waals surface area contributed by atoms with E-state index in [0.717, 1.165) is 29.2 Å². The van der Waals surface area contributed by atoms with Crippen LogP contribution in [0.1, 0.15) is 32.3 Å². The Bertz CT molecular complexity index is 475. The molecular formula is C15H21ClN2O. The van der Waals surface area contributed by atoms with Gasteiger partial charge < -0.3 is 10.2 Å². The van der Waals surface area contributed by atoms with Crippen LogP contribution in [0.15, 0.2) is 18.2 Å². The first kappa shape index (κ1) is 14.2. The lowest BCUT2D eigenvalue weighted by Crippen LogP contribution is -2.35. The van der Waals surface area contributed by atoms with Gasteiger partial charge in [-0.25, -0.2) is 0 Å². The van der Waals surface area contributed by atoms with E-state index in [0.29, 0.717) is 12.5 Å². The fourth-order valence-electron chi connectivity index (χ4n) is 2.39. The highest BCUT2D eigenvalue weighted by molar-refractivity contribution is 6.31. The zero-order valence-corrected chi connectivity index (χ0v) is 12.5. The fourth-order valence-corrected chi connectivity index (χ4v) is 2.57. The lowest BCUT2D eigenvalue weighted by molar-refractivity contribution is -0.129. The second kappa shape index (κ2) is 5.83. The molecular weight excluding hydrogens is 260 g/mol. The van der Waals surface area contributed by atoms with Crippen molar-refractivity contribution < 1.29 is 4.79 Å². The Hall–Kier alpha value is -1.22. The van der Waals surface area contributed by atoms with Crippen molar-refractivity contribution in [2.75, 3.05) is 11.9 Å². The van der Waals surface area contributed by atoms with Crippen molar-refractivity contribution in [3.8, 4) is 0 Å². The molecule has 3 nitrogen and oxygen atoms in total. The number of benzene rings is 1. The van der Waals surface area contributed by atoms with Crippen LogP contribution in [0.25, 0.3) is 0 Å². The number of aryl methyl sites for hydroxylation is 1. The summed E-state index contributed by atoms with van der Waals surface area (Å²) < 4.78 is 0. The van der Waals surface area contributed by atoms with Gasteiger partial charge >= 0.3 is 0 Å². The average molecular weight is 281 g/mol. The average Bonchev–Trinajstić information content (AvgIpc) is 2.74. The Morgan fingerprint density at radius 2 is 2.26 bits per heavy atom. The number of nitrogens with zero attached hydrogens (tertiary/aromatic N) is 1. The minimum atomic E-state index is 0.181. The number of carbonyl (C=O) groups excluding carboxylic acids is 1. The number of carbonyl (C=O) groups is 1. The molecule has 2 unspecified atom stereocenters. The summed E-state index contributed by atoms with van der Waals surface area (Å²) in [5.41, 5.74) is 2.05. The molecule has 0 aromatic heterocycles. The second-order valence-electron chi connectivity index (χ2n) is 5.31. The van der Waals surface area contributed by atoms with Crippen LogP contribution in [0.5, 0.6) is 0 Å². The second-order valence-corrected chi connectivity index (χ2v) is 5.72. The summed E-state index contributed by atoms with van der Waals surface area (Å²) in [6.07, 6.45) is 1.56. The van der Waals surface area contributed by atoms with E-state index in [-0.39, 0.29) is 11.9 Å². The molecule has 104 valence electrons. The molecule has 1 amide bonds. The van der Waals surface area contributed by atoms with Gasteiger partial charge in [-0.1, -0.05) is 24.6 Å². The standard InChI is InChI=1S/C15H21ClN2O/c1-4-11(3)18-9-13(8-15(18)19)17-12-6-5-10(2)14(16)7-12/h5-7,11,13,17H,4,8-9H2,1-3H3. The topological polar surface area (TPSA) is 32.3 Å².